The minimum absolute atomic E-state index is 0.0803. The number of Topliss-reactive ketones (excluding diaryl/α,β-unsaturated/α-hetero) is 1. The molecular formula is C18H23N3O4S2. The van der Waals surface area contributed by atoms with Crippen molar-refractivity contribution >= 4 is 33.3 Å². The minimum Gasteiger partial charge on any atom is -0.416 e. The maximum absolute atomic E-state index is 12.6. The van der Waals surface area contributed by atoms with Crippen LogP contribution in [0.4, 0.5) is 5.69 Å². The van der Waals surface area contributed by atoms with Crippen molar-refractivity contribution in [3.8, 4) is 0 Å². The molecule has 1 aromatic heterocycles. The summed E-state index contributed by atoms with van der Waals surface area (Å²) in [5, 5.41) is 8.25. The fraction of sp³-hybridized carbons (Fsp3) is 0.500. The fourth-order valence-corrected chi connectivity index (χ4v) is 4.47. The fourth-order valence-electron chi connectivity index (χ4n) is 3.14. The van der Waals surface area contributed by atoms with Gasteiger partial charge in [-0.25, -0.2) is 8.42 Å². The molecule has 1 aromatic carbocycles. The maximum Gasteiger partial charge on any atom is 0.277 e. The minimum atomic E-state index is -3.34. The summed E-state index contributed by atoms with van der Waals surface area (Å²) in [5.74, 6) is 0.929. The molecule has 1 saturated carbocycles. The Hall–Kier alpha value is -1.87. The predicted molar refractivity (Wildman–Crippen MR) is 105 cm³/mol. The molecule has 3 rings (SSSR count). The lowest BCUT2D eigenvalue weighted by atomic mass is 9.89. The first-order valence-electron chi connectivity index (χ1n) is 8.94. The summed E-state index contributed by atoms with van der Waals surface area (Å²) in [6, 6.07) is 6.35. The standard InChI is InChI=1S/C18H23N3O4S2/c1-12(16(22)13-8-10-15(11-9-13)21-27(2,23)24)26-18-20-19-17(25-18)14-6-4-3-5-7-14/h8-12,14,21H,3-7H2,1-2H3/t12-/m0/s1. The van der Waals surface area contributed by atoms with E-state index in [1.54, 1.807) is 31.2 Å². The molecule has 7 nitrogen and oxygen atoms in total. The highest BCUT2D eigenvalue weighted by Gasteiger charge is 2.24. The van der Waals surface area contributed by atoms with Crippen LogP contribution in [0.3, 0.4) is 0 Å². The SMILES string of the molecule is C[C@H](Sc1nnc(C2CCCCC2)o1)C(=O)c1ccc(NS(C)(=O)=O)cc1. The highest BCUT2D eigenvalue weighted by atomic mass is 32.2. The number of carbonyl (C=O) groups is 1. The van der Waals surface area contributed by atoms with Gasteiger partial charge in [0, 0.05) is 17.2 Å². The molecule has 1 aliphatic carbocycles. The van der Waals surface area contributed by atoms with Gasteiger partial charge in [0.15, 0.2) is 5.78 Å². The Morgan fingerprint density at radius 2 is 1.85 bits per heavy atom. The van der Waals surface area contributed by atoms with Crippen LogP contribution in [0.25, 0.3) is 0 Å². The zero-order valence-electron chi connectivity index (χ0n) is 15.3. The van der Waals surface area contributed by atoms with E-state index < -0.39 is 15.3 Å². The van der Waals surface area contributed by atoms with Gasteiger partial charge in [-0.1, -0.05) is 31.0 Å². The second kappa shape index (κ2) is 8.43. The van der Waals surface area contributed by atoms with Crippen molar-refractivity contribution < 1.29 is 17.6 Å². The highest BCUT2D eigenvalue weighted by Crippen LogP contribution is 2.34. The van der Waals surface area contributed by atoms with Crippen molar-refractivity contribution in [2.45, 2.75) is 55.4 Å². The average Bonchev–Trinajstić information content (AvgIpc) is 3.09. The summed E-state index contributed by atoms with van der Waals surface area (Å²) in [5.41, 5.74) is 0.921. The summed E-state index contributed by atoms with van der Waals surface area (Å²) in [7, 11) is -3.34. The van der Waals surface area contributed by atoms with E-state index in [-0.39, 0.29) is 5.78 Å². The number of rotatable bonds is 7. The molecule has 1 N–H and O–H groups in total. The van der Waals surface area contributed by atoms with Crippen molar-refractivity contribution in [3.63, 3.8) is 0 Å². The number of nitrogens with one attached hydrogen (secondary N) is 1. The Bertz CT molecular complexity index is 888. The first kappa shape index (κ1) is 19.9. The smallest absolute Gasteiger partial charge is 0.277 e. The number of anilines is 1. The molecule has 2 aromatic rings. The number of carbonyl (C=O) groups excluding carboxylic acids is 1. The predicted octanol–water partition coefficient (Wildman–Crippen LogP) is 3.85. The van der Waals surface area contributed by atoms with E-state index in [0.29, 0.717) is 28.3 Å². The zero-order chi connectivity index (χ0) is 19.4. The molecule has 1 atom stereocenters. The van der Waals surface area contributed by atoms with Crippen LogP contribution in [-0.2, 0) is 10.0 Å². The third-order valence-electron chi connectivity index (χ3n) is 4.50. The Morgan fingerprint density at radius 1 is 1.19 bits per heavy atom. The van der Waals surface area contributed by atoms with E-state index in [1.807, 2.05) is 0 Å². The van der Waals surface area contributed by atoms with Gasteiger partial charge < -0.3 is 4.42 Å². The molecule has 9 heteroatoms. The molecule has 0 saturated heterocycles. The molecule has 0 bridgehead atoms. The summed E-state index contributed by atoms with van der Waals surface area (Å²) >= 11 is 1.24. The van der Waals surface area contributed by atoms with Gasteiger partial charge in [-0.2, -0.15) is 0 Å². The van der Waals surface area contributed by atoms with E-state index in [1.165, 1.54) is 31.0 Å². The van der Waals surface area contributed by atoms with Crippen molar-refractivity contribution in [3.05, 3.63) is 35.7 Å². The first-order chi connectivity index (χ1) is 12.8. The quantitative estimate of drug-likeness (QED) is 0.547. The monoisotopic (exact) mass is 409 g/mol. The van der Waals surface area contributed by atoms with Gasteiger partial charge in [0.25, 0.3) is 5.22 Å². The summed E-state index contributed by atoms with van der Waals surface area (Å²) in [4.78, 5) is 12.6. The maximum atomic E-state index is 12.6. The van der Waals surface area contributed by atoms with Gasteiger partial charge in [0.05, 0.1) is 11.5 Å². The topological polar surface area (TPSA) is 102 Å². The zero-order valence-corrected chi connectivity index (χ0v) is 17.0. The largest absolute Gasteiger partial charge is 0.416 e. The van der Waals surface area contributed by atoms with Crippen LogP contribution in [0, 0.1) is 0 Å². The molecule has 1 aliphatic rings. The molecule has 0 spiro atoms. The lowest BCUT2D eigenvalue weighted by molar-refractivity contribution is 0.0993. The van der Waals surface area contributed by atoms with Gasteiger partial charge in [-0.15, -0.1) is 10.2 Å². The van der Waals surface area contributed by atoms with Crippen LogP contribution in [0.5, 0.6) is 0 Å². The Labute approximate surface area is 163 Å². The van der Waals surface area contributed by atoms with Crippen molar-refractivity contribution in [2.24, 2.45) is 0 Å². The number of hydrogen-bond acceptors (Lipinski definition) is 7. The van der Waals surface area contributed by atoms with Gasteiger partial charge in [0.2, 0.25) is 15.9 Å². The second-order valence-electron chi connectivity index (χ2n) is 6.82. The molecule has 0 radical (unpaired) electrons. The molecule has 27 heavy (non-hydrogen) atoms. The Morgan fingerprint density at radius 3 is 2.48 bits per heavy atom. The number of thioether (sulfide) groups is 1. The lowest BCUT2D eigenvalue weighted by Crippen LogP contribution is -2.14. The van der Waals surface area contributed by atoms with E-state index in [9.17, 15) is 13.2 Å². The average molecular weight is 410 g/mol. The van der Waals surface area contributed by atoms with E-state index >= 15 is 0 Å². The van der Waals surface area contributed by atoms with Crippen molar-refractivity contribution in [1.29, 1.82) is 0 Å². The van der Waals surface area contributed by atoms with E-state index in [2.05, 4.69) is 14.9 Å². The summed E-state index contributed by atoms with van der Waals surface area (Å²) < 4.78 is 30.6. The summed E-state index contributed by atoms with van der Waals surface area (Å²) in [6.07, 6.45) is 6.87. The lowest BCUT2D eigenvalue weighted by Gasteiger charge is -2.17. The van der Waals surface area contributed by atoms with Crippen LogP contribution in [0.2, 0.25) is 0 Å². The van der Waals surface area contributed by atoms with E-state index in [4.69, 9.17) is 4.42 Å². The third kappa shape index (κ3) is 5.55. The molecular weight excluding hydrogens is 386 g/mol. The molecule has 146 valence electrons. The van der Waals surface area contributed by atoms with Gasteiger partial charge in [0.1, 0.15) is 0 Å². The van der Waals surface area contributed by atoms with Gasteiger partial charge >= 0.3 is 0 Å². The second-order valence-corrected chi connectivity index (χ2v) is 9.86. The first-order valence-corrected chi connectivity index (χ1v) is 11.7. The molecule has 1 heterocycles. The molecule has 0 aliphatic heterocycles. The van der Waals surface area contributed by atoms with E-state index in [0.717, 1.165) is 19.1 Å². The number of benzene rings is 1. The number of ketones is 1. The molecule has 0 unspecified atom stereocenters. The number of aromatic nitrogens is 2. The molecule has 0 amide bonds. The highest BCUT2D eigenvalue weighted by molar-refractivity contribution is 8.00. The van der Waals surface area contributed by atoms with Gasteiger partial charge in [-0.05, 0) is 44.0 Å². The Balaban J connectivity index is 1.61. The van der Waals surface area contributed by atoms with Crippen molar-refractivity contribution in [1.82, 2.24) is 10.2 Å². The molecule has 1 fully saturated rings. The Kier molecular flexibility index (Phi) is 6.21. The van der Waals surface area contributed by atoms with Crippen LogP contribution in [0.15, 0.2) is 33.9 Å². The normalized spacial score (nSPS) is 16.8. The van der Waals surface area contributed by atoms with Crippen molar-refractivity contribution in [2.75, 3.05) is 11.0 Å². The number of nitrogens with zero attached hydrogens (tertiary/aromatic N) is 2. The van der Waals surface area contributed by atoms with Gasteiger partial charge in [-0.3, -0.25) is 9.52 Å². The van der Waals surface area contributed by atoms with Crippen LogP contribution < -0.4 is 4.72 Å². The van der Waals surface area contributed by atoms with Crippen LogP contribution in [0.1, 0.15) is 61.2 Å². The van der Waals surface area contributed by atoms with Crippen LogP contribution >= 0.6 is 11.8 Å². The van der Waals surface area contributed by atoms with Crippen LogP contribution in [-0.4, -0.2) is 35.9 Å². The number of hydrogen-bond donors (Lipinski definition) is 1. The number of sulfonamides is 1. The summed E-state index contributed by atoms with van der Waals surface area (Å²) in [6.45, 7) is 1.79. The third-order valence-corrected chi connectivity index (χ3v) is 6.04.